The quantitative estimate of drug-likeness (QED) is 0.863. The van der Waals surface area contributed by atoms with E-state index in [1.807, 2.05) is 0 Å². The number of nitrogens with zero attached hydrogens (tertiary/aromatic N) is 1. The Balaban J connectivity index is 2.25. The summed E-state index contributed by atoms with van der Waals surface area (Å²) in [6, 6.07) is 8.13. The van der Waals surface area contributed by atoms with Crippen LogP contribution < -0.4 is 10.1 Å². The van der Waals surface area contributed by atoms with E-state index in [1.165, 1.54) is 30.6 Å². The van der Waals surface area contributed by atoms with Crippen LogP contribution in [0, 0.1) is 0 Å². The van der Waals surface area contributed by atoms with Gasteiger partial charge in [0.15, 0.2) is 0 Å². The summed E-state index contributed by atoms with van der Waals surface area (Å²) in [5.74, 6) is 0. The van der Waals surface area contributed by atoms with Crippen LogP contribution in [0.3, 0.4) is 0 Å². The van der Waals surface area contributed by atoms with Gasteiger partial charge in [0, 0.05) is 6.20 Å². The molecule has 8 heteroatoms. The monoisotopic (exact) mass is 345 g/mol. The molecule has 0 saturated heterocycles. The predicted molar refractivity (Wildman–Crippen MR) is 73.8 cm³/mol. The lowest BCUT2D eigenvalue weighted by atomic mass is 10.4. The fourth-order valence-electron chi connectivity index (χ4n) is 1.40. The van der Waals surface area contributed by atoms with E-state index in [1.54, 1.807) is 24.4 Å². The molecule has 1 aromatic rings. The molecule has 6 nitrogen and oxygen atoms in total. The van der Waals surface area contributed by atoms with Crippen molar-refractivity contribution in [2.75, 3.05) is 7.11 Å². The maximum Gasteiger partial charge on any atom is 0.261 e. The third kappa shape index (κ3) is 3.28. The summed E-state index contributed by atoms with van der Waals surface area (Å²) in [4.78, 5) is 5.13. The standard InChI is InChI=1S/C11H12BrN3O3S/c1-18-15-8-11(10(12)7-13-15)14-19(16,17)9-5-3-2-4-6-9/h2-8,13-14H,1H3. The third-order valence-electron chi connectivity index (χ3n) is 2.32. The summed E-state index contributed by atoms with van der Waals surface area (Å²) in [6.07, 6.45) is 3.04. The maximum atomic E-state index is 12.2. The second kappa shape index (κ2) is 5.64. The maximum absolute atomic E-state index is 12.2. The van der Waals surface area contributed by atoms with Gasteiger partial charge in [-0.1, -0.05) is 18.2 Å². The minimum Gasteiger partial charge on any atom is -0.281 e. The Morgan fingerprint density at radius 3 is 2.63 bits per heavy atom. The first-order chi connectivity index (χ1) is 9.03. The molecule has 1 aliphatic heterocycles. The average molecular weight is 346 g/mol. The van der Waals surface area contributed by atoms with Crippen molar-refractivity contribution in [2.24, 2.45) is 0 Å². The number of hydrogen-bond donors (Lipinski definition) is 2. The Morgan fingerprint density at radius 1 is 1.32 bits per heavy atom. The van der Waals surface area contributed by atoms with E-state index in [4.69, 9.17) is 4.84 Å². The molecule has 0 aromatic heterocycles. The van der Waals surface area contributed by atoms with Crippen LogP contribution in [-0.2, 0) is 14.9 Å². The highest BCUT2D eigenvalue weighted by molar-refractivity contribution is 9.12. The van der Waals surface area contributed by atoms with Crippen molar-refractivity contribution in [3.8, 4) is 0 Å². The molecular weight excluding hydrogens is 334 g/mol. The molecule has 0 radical (unpaired) electrons. The first-order valence-electron chi connectivity index (χ1n) is 5.28. The van der Waals surface area contributed by atoms with Gasteiger partial charge in [0.25, 0.3) is 10.0 Å². The minimum atomic E-state index is -3.62. The van der Waals surface area contributed by atoms with Crippen molar-refractivity contribution >= 4 is 26.0 Å². The lowest BCUT2D eigenvalue weighted by molar-refractivity contribution is -0.119. The van der Waals surface area contributed by atoms with E-state index in [9.17, 15) is 8.42 Å². The molecule has 1 heterocycles. The molecule has 0 amide bonds. The van der Waals surface area contributed by atoms with E-state index in [0.717, 1.165) is 0 Å². The second-order valence-electron chi connectivity index (χ2n) is 3.59. The zero-order valence-electron chi connectivity index (χ0n) is 10.00. The molecule has 0 spiro atoms. The molecule has 0 atom stereocenters. The first kappa shape index (κ1) is 13.9. The van der Waals surface area contributed by atoms with Crippen molar-refractivity contribution in [2.45, 2.75) is 4.90 Å². The minimum absolute atomic E-state index is 0.193. The summed E-state index contributed by atoms with van der Waals surface area (Å²) < 4.78 is 27.4. The van der Waals surface area contributed by atoms with Gasteiger partial charge in [-0.15, -0.1) is 0 Å². The molecule has 0 saturated carbocycles. The molecular formula is C11H12BrN3O3S. The van der Waals surface area contributed by atoms with Crippen LogP contribution in [-0.4, -0.2) is 20.7 Å². The number of sulfonamides is 1. The summed E-state index contributed by atoms with van der Waals surface area (Å²) in [5, 5.41) is 1.27. The fourth-order valence-corrected chi connectivity index (χ4v) is 2.92. The lowest BCUT2D eigenvalue weighted by Gasteiger charge is -2.23. The van der Waals surface area contributed by atoms with Crippen molar-refractivity contribution in [1.29, 1.82) is 0 Å². The number of rotatable bonds is 4. The van der Waals surface area contributed by atoms with Gasteiger partial charge >= 0.3 is 0 Å². The number of hydrazine groups is 1. The van der Waals surface area contributed by atoms with Gasteiger partial charge in [0.2, 0.25) is 0 Å². The Kier molecular flexibility index (Phi) is 4.13. The second-order valence-corrected chi connectivity index (χ2v) is 6.13. The number of hydrogen-bond acceptors (Lipinski definition) is 5. The first-order valence-corrected chi connectivity index (χ1v) is 7.56. The number of nitrogens with one attached hydrogen (secondary N) is 2. The van der Waals surface area contributed by atoms with E-state index >= 15 is 0 Å². The fraction of sp³-hybridized carbons (Fsp3) is 0.0909. The lowest BCUT2D eigenvalue weighted by Crippen LogP contribution is -2.35. The highest BCUT2D eigenvalue weighted by Crippen LogP contribution is 2.20. The molecule has 0 fully saturated rings. The van der Waals surface area contributed by atoms with Crippen molar-refractivity contribution < 1.29 is 13.3 Å². The van der Waals surface area contributed by atoms with Crippen molar-refractivity contribution in [3.05, 3.63) is 52.9 Å². The number of benzene rings is 1. The molecule has 2 N–H and O–H groups in total. The number of halogens is 1. The van der Waals surface area contributed by atoms with Crippen LogP contribution in [0.15, 0.2) is 57.8 Å². The summed E-state index contributed by atoms with van der Waals surface area (Å²) in [5.41, 5.74) is 3.13. The van der Waals surface area contributed by atoms with Crippen LogP contribution in [0.4, 0.5) is 0 Å². The Hall–Kier alpha value is -1.51. The molecule has 102 valence electrons. The van der Waals surface area contributed by atoms with Gasteiger partial charge in [0.05, 0.1) is 28.4 Å². The summed E-state index contributed by atoms with van der Waals surface area (Å²) >= 11 is 3.26. The van der Waals surface area contributed by atoms with Crippen molar-refractivity contribution in [1.82, 2.24) is 15.3 Å². The number of hydroxylamine groups is 1. The molecule has 19 heavy (non-hydrogen) atoms. The van der Waals surface area contributed by atoms with Crippen LogP contribution in [0.5, 0.6) is 0 Å². The van der Waals surface area contributed by atoms with Crippen LogP contribution in [0.2, 0.25) is 0 Å². The van der Waals surface area contributed by atoms with E-state index in [-0.39, 0.29) is 4.90 Å². The van der Waals surface area contributed by atoms with Crippen LogP contribution >= 0.6 is 15.9 Å². The van der Waals surface area contributed by atoms with Gasteiger partial charge < -0.3 is 0 Å². The van der Waals surface area contributed by atoms with Gasteiger partial charge in [-0.25, -0.2) is 8.42 Å². The molecule has 1 aliphatic rings. The zero-order chi connectivity index (χ0) is 13.9. The van der Waals surface area contributed by atoms with Gasteiger partial charge in [-0.05, 0) is 28.1 Å². The topological polar surface area (TPSA) is 70.7 Å². The highest BCUT2D eigenvalue weighted by Gasteiger charge is 2.19. The van der Waals surface area contributed by atoms with Gasteiger partial charge in [-0.2, -0.15) is 5.17 Å². The summed E-state index contributed by atoms with van der Waals surface area (Å²) in [7, 11) is -2.17. The Bertz CT molecular complexity index is 613. The van der Waals surface area contributed by atoms with Crippen molar-refractivity contribution in [3.63, 3.8) is 0 Å². The SMILES string of the molecule is CON1C=C(NS(=O)(=O)c2ccccc2)C(Br)=CN1. The third-order valence-corrected chi connectivity index (χ3v) is 4.35. The number of allylic oxidation sites excluding steroid dienone is 1. The normalized spacial score (nSPS) is 15.4. The predicted octanol–water partition coefficient (Wildman–Crippen LogP) is 1.42. The molecule has 2 rings (SSSR count). The summed E-state index contributed by atoms with van der Waals surface area (Å²) in [6.45, 7) is 0. The molecule has 1 aromatic carbocycles. The molecule has 0 unspecified atom stereocenters. The Labute approximate surface area is 119 Å². The van der Waals surface area contributed by atoms with Crippen LogP contribution in [0.1, 0.15) is 0 Å². The Morgan fingerprint density at radius 2 is 2.00 bits per heavy atom. The van der Waals surface area contributed by atoms with E-state index in [2.05, 4.69) is 26.1 Å². The molecule has 0 bridgehead atoms. The van der Waals surface area contributed by atoms with E-state index < -0.39 is 10.0 Å². The smallest absolute Gasteiger partial charge is 0.261 e. The largest absolute Gasteiger partial charge is 0.281 e. The van der Waals surface area contributed by atoms with E-state index in [0.29, 0.717) is 10.2 Å². The molecule has 0 aliphatic carbocycles. The van der Waals surface area contributed by atoms with Gasteiger partial charge in [0.1, 0.15) is 0 Å². The average Bonchev–Trinajstić information content (AvgIpc) is 2.42. The highest BCUT2D eigenvalue weighted by atomic mass is 79.9. The zero-order valence-corrected chi connectivity index (χ0v) is 12.4. The van der Waals surface area contributed by atoms with Gasteiger partial charge in [-0.3, -0.25) is 15.0 Å². The van der Waals surface area contributed by atoms with Crippen LogP contribution in [0.25, 0.3) is 0 Å².